The number of hydrogen-bond donors (Lipinski definition) is 0. The molecular formula is C21H20N2O2S. The van der Waals surface area contributed by atoms with E-state index in [1.165, 1.54) is 16.9 Å². The van der Waals surface area contributed by atoms with Gasteiger partial charge in [0.1, 0.15) is 11.4 Å². The number of carbonyl (C=O) groups is 1. The van der Waals surface area contributed by atoms with Crippen molar-refractivity contribution < 1.29 is 9.53 Å². The van der Waals surface area contributed by atoms with Crippen LogP contribution >= 0.6 is 11.3 Å². The molecule has 1 aromatic heterocycles. The lowest BCUT2D eigenvalue weighted by molar-refractivity contribution is 0.0977. The molecule has 5 heteroatoms. The number of nitrogens with zero attached hydrogens (tertiary/aromatic N) is 2. The fourth-order valence-corrected chi connectivity index (χ4v) is 4.21. The maximum atomic E-state index is 13.0. The number of ether oxygens (including phenoxy) is 1. The summed E-state index contributed by atoms with van der Waals surface area (Å²) in [6, 6.07) is 16.2. The van der Waals surface area contributed by atoms with Gasteiger partial charge in [0.25, 0.3) is 5.91 Å². The van der Waals surface area contributed by atoms with Crippen LogP contribution in [-0.4, -0.2) is 24.0 Å². The minimum Gasteiger partial charge on any atom is -0.497 e. The maximum Gasteiger partial charge on any atom is 0.278 e. The van der Waals surface area contributed by atoms with Crippen molar-refractivity contribution >= 4 is 22.9 Å². The molecule has 1 amide bonds. The average molecular weight is 364 g/mol. The Morgan fingerprint density at radius 1 is 1.23 bits per heavy atom. The number of fused-ring (bicyclic) bond motifs is 1. The number of hydrogen-bond acceptors (Lipinski definition) is 4. The van der Waals surface area contributed by atoms with E-state index in [4.69, 9.17) is 4.74 Å². The van der Waals surface area contributed by atoms with Gasteiger partial charge in [-0.1, -0.05) is 30.3 Å². The van der Waals surface area contributed by atoms with Crippen molar-refractivity contribution in [2.24, 2.45) is 0 Å². The van der Waals surface area contributed by atoms with Crippen LogP contribution in [0.1, 0.15) is 33.5 Å². The van der Waals surface area contributed by atoms with Gasteiger partial charge in [-0.3, -0.25) is 4.79 Å². The van der Waals surface area contributed by atoms with Crippen LogP contribution in [-0.2, 0) is 12.8 Å². The summed E-state index contributed by atoms with van der Waals surface area (Å²) < 4.78 is 5.19. The van der Waals surface area contributed by atoms with Crippen LogP contribution in [0.3, 0.4) is 0 Å². The predicted molar refractivity (Wildman–Crippen MR) is 104 cm³/mol. The van der Waals surface area contributed by atoms with E-state index in [0.717, 1.165) is 28.4 Å². The molecule has 0 saturated carbocycles. The second-order valence-corrected chi connectivity index (χ2v) is 7.45. The molecule has 0 aliphatic carbocycles. The summed E-state index contributed by atoms with van der Waals surface area (Å²) >= 11 is 1.53. The maximum absolute atomic E-state index is 13.0. The van der Waals surface area contributed by atoms with Gasteiger partial charge in [0.15, 0.2) is 0 Å². The zero-order valence-electron chi connectivity index (χ0n) is 14.8. The largest absolute Gasteiger partial charge is 0.497 e. The molecule has 0 spiro atoms. The van der Waals surface area contributed by atoms with Crippen LogP contribution in [0.25, 0.3) is 0 Å². The highest BCUT2D eigenvalue weighted by molar-refractivity contribution is 7.09. The third-order valence-corrected chi connectivity index (χ3v) is 5.56. The van der Waals surface area contributed by atoms with E-state index < -0.39 is 0 Å². The molecule has 1 unspecified atom stereocenters. The fourth-order valence-electron chi connectivity index (χ4n) is 3.41. The molecule has 1 aliphatic rings. The molecule has 2 aromatic carbocycles. The number of benzene rings is 2. The minimum absolute atomic E-state index is 0.0142. The number of aromatic nitrogens is 1. The Morgan fingerprint density at radius 3 is 2.77 bits per heavy atom. The highest BCUT2D eigenvalue weighted by Gasteiger charge is 2.32. The van der Waals surface area contributed by atoms with E-state index in [2.05, 4.69) is 18.0 Å². The molecule has 26 heavy (non-hydrogen) atoms. The standard InChI is InChI=1S/C21H20N2O2S/c1-14-11-16-5-3-4-6-19(16)23(14)21(24)18-13-26-20(22-18)12-15-7-9-17(25-2)10-8-15/h3-10,13-14H,11-12H2,1-2H3. The number of amides is 1. The van der Waals surface area contributed by atoms with Crippen LogP contribution < -0.4 is 9.64 Å². The molecule has 1 aliphatic heterocycles. The summed E-state index contributed by atoms with van der Waals surface area (Å²) in [6.45, 7) is 2.09. The number of methoxy groups -OCH3 is 1. The number of para-hydroxylation sites is 1. The first-order valence-electron chi connectivity index (χ1n) is 8.64. The van der Waals surface area contributed by atoms with Crippen LogP contribution in [0.15, 0.2) is 53.9 Å². The lowest BCUT2D eigenvalue weighted by Gasteiger charge is -2.21. The van der Waals surface area contributed by atoms with E-state index in [-0.39, 0.29) is 11.9 Å². The third kappa shape index (κ3) is 3.10. The second-order valence-electron chi connectivity index (χ2n) is 6.51. The molecule has 1 atom stereocenters. The Kier molecular flexibility index (Phi) is 4.47. The molecule has 3 aromatic rings. The van der Waals surface area contributed by atoms with Crippen LogP contribution in [0.2, 0.25) is 0 Å². The SMILES string of the molecule is COc1ccc(Cc2nc(C(=O)N3c4ccccc4CC3C)cs2)cc1. The molecule has 0 bridgehead atoms. The summed E-state index contributed by atoms with van der Waals surface area (Å²) in [5.41, 5.74) is 3.91. The van der Waals surface area contributed by atoms with E-state index >= 15 is 0 Å². The molecule has 0 radical (unpaired) electrons. The number of anilines is 1. The monoisotopic (exact) mass is 364 g/mol. The van der Waals surface area contributed by atoms with Crippen molar-refractivity contribution in [3.63, 3.8) is 0 Å². The van der Waals surface area contributed by atoms with Crippen molar-refractivity contribution in [2.75, 3.05) is 12.0 Å². The molecule has 2 heterocycles. The third-order valence-electron chi connectivity index (χ3n) is 4.71. The van der Waals surface area contributed by atoms with Crippen molar-refractivity contribution in [1.82, 2.24) is 4.98 Å². The Hall–Kier alpha value is -2.66. The normalized spacial score (nSPS) is 15.8. The minimum atomic E-state index is -0.0142. The van der Waals surface area contributed by atoms with Crippen molar-refractivity contribution in [3.8, 4) is 5.75 Å². The first-order valence-corrected chi connectivity index (χ1v) is 9.52. The lowest BCUT2D eigenvalue weighted by atomic mass is 10.1. The smallest absolute Gasteiger partial charge is 0.278 e. The van der Waals surface area contributed by atoms with Gasteiger partial charge in [-0.2, -0.15) is 0 Å². The highest BCUT2D eigenvalue weighted by Crippen LogP contribution is 2.33. The quantitative estimate of drug-likeness (QED) is 0.692. The Labute approximate surface area is 157 Å². The summed E-state index contributed by atoms with van der Waals surface area (Å²) in [5.74, 6) is 0.824. The van der Waals surface area contributed by atoms with E-state index in [1.54, 1.807) is 7.11 Å². The summed E-state index contributed by atoms with van der Waals surface area (Å²) in [5, 5.41) is 2.81. The van der Waals surface area contributed by atoms with Crippen LogP contribution in [0.5, 0.6) is 5.75 Å². The van der Waals surface area contributed by atoms with Gasteiger partial charge < -0.3 is 9.64 Å². The molecule has 132 valence electrons. The number of thiazole rings is 1. The van der Waals surface area contributed by atoms with Crippen LogP contribution in [0, 0.1) is 0 Å². The Morgan fingerprint density at radius 2 is 2.00 bits per heavy atom. The van der Waals surface area contributed by atoms with Gasteiger partial charge in [0.2, 0.25) is 0 Å². The lowest BCUT2D eigenvalue weighted by Crippen LogP contribution is -2.35. The van der Waals surface area contributed by atoms with Crippen LogP contribution in [0.4, 0.5) is 5.69 Å². The van der Waals surface area contributed by atoms with Gasteiger partial charge in [0.05, 0.1) is 12.1 Å². The molecule has 4 rings (SSSR count). The highest BCUT2D eigenvalue weighted by atomic mass is 32.1. The first kappa shape index (κ1) is 16.8. The first-order chi connectivity index (χ1) is 12.7. The topological polar surface area (TPSA) is 42.4 Å². The van der Waals surface area contributed by atoms with Gasteiger partial charge >= 0.3 is 0 Å². The Bertz CT molecular complexity index is 933. The predicted octanol–water partition coefficient (Wildman–Crippen LogP) is 4.33. The van der Waals surface area contributed by atoms with Crippen molar-refractivity contribution in [1.29, 1.82) is 0 Å². The molecule has 0 fully saturated rings. The Balaban J connectivity index is 1.53. The van der Waals surface area contributed by atoms with Gasteiger partial charge in [-0.25, -0.2) is 4.98 Å². The van der Waals surface area contributed by atoms with E-state index in [1.807, 2.05) is 52.7 Å². The van der Waals surface area contributed by atoms with Gasteiger partial charge in [0, 0.05) is 23.5 Å². The zero-order chi connectivity index (χ0) is 18.1. The van der Waals surface area contributed by atoms with Crippen molar-refractivity contribution in [3.05, 3.63) is 75.7 Å². The van der Waals surface area contributed by atoms with Gasteiger partial charge in [-0.15, -0.1) is 11.3 Å². The second kappa shape index (κ2) is 6.92. The molecule has 0 saturated heterocycles. The molecular weight excluding hydrogens is 344 g/mol. The van der Waals surface area contributed by atoms with Crippen molar-refractivity contribution in [2.45, 2.75) is 25.8 Å². The summed E-state index contributed by atoms with van der Waals surface area (Å²) in [4.78, 5) is 19.5. The van der Waals surface area contributed by atoms with E-state index in [0.29, 0.717) is 12.1 Å². The number of rotatable bonds is 4. The zero-order valence-corrected chi connectivity index (χ0v) is 15.6. The summed E-state index contributed by atoms with van der Waals surface area (Å²) in [7, 11) is 1.66. The van der Waals surface area contributed by atoms with Gasteiger partial charge in [-0.05, 0) is 42.7 Å². The fraction of sp³-hybridized carbons (Fsp3) is 0.238. The van der Waals surface area contributed by atoms with E-state index in [9.17, 15) is 4.79 Å². The number of carbonyl (C=O) groups excluding carboxylic acids is 1. The summed E-state index contributed by atoms with van der Waals surface area (Å²) in [6.07, 6.45) is 1.61. The molecule has 0 N–H and O–H groups in total. The molecule has 4 nitrogen and oxygen atoms in total. The average Bonchev–Trinajstić information content (AvgIpc) is 3.25.